The molecule has 3 rings (SSSR count). The average molecular weight is 355 g/mol. The summed E-state index contributed by atoms with van der Waals surface area (Å²) in [5, 5.41) is 10.2. The van der Waals surface area contributed by atoms with Gasteiger partial charge < -0.3 is 5.11 Å². The lowest BCUT2D eigenvalue weighted by Gasteiger charge is -2.11. The Hall–Kier alpha value is -3.13. The van der Waals surface area contributed by atoms with Crippen LogP contribution in [0.3, 0.4) is 0 Å². The van der Waals surface area contributed by atoms with Crippen LogP contribution in [-0.2, 0) is 0 Å². The van der Waals surface area contributed by atoms with Gasteiger partial charge in [-0.3, -0.25) is 4.99 Å². The van der Waals surface area contributed by atoms with Gasteiger partial charge in [0.15, 0.2) is 0 Å². The van der Waals surface area contributed by atoms with E-state index in [9.17, 15) is 5.11 Å². The van der Waals surface area contributed by atoms with Gasteiger partial charge in [0.25, 0.3) is 0 Å². The molecule has 0 radical (unpaired) electrons. The van der Waals surface area contributed by atoms with E-state index in [1.54, 1.807) is 6.92 Å². The van der Waals surface area contributed by atoms with Gasteiger partial charge in [-0.15, -0.1) is 0 Å². The summed E-state index contributed by atoms with van der Waals surface area (Å²) in [4.78, 5) is 4.81. The number of aliphatic hydroxyl groups excluding tert-OH is 1. The van der Waals surface area contributed by atoms with Crippen molar-refractivity contribution in [2.24, 2.45) is 4.99 Å². The molecule has 2 heteroatoms. The molecule has 3 aromatic carbocycles. The number of aryl methyl sites for hydroxylation is 1. The van der Waals surface area contributed by atoms with Crippen LogP contribution in [0.15, 0.2) is 83.5 Å². The summed E-state index contributed by atoms with van der Waals surface area (Å²) in [6, 6.07) is 24.4. The fourth-order valence-electron chi connectivity index (χ4n) is 3.17. The van der Waals surface area contributed by atoms with Crippen LogP contribution in [-0.4, -0.2) is 10.8 Å². The molecule has 2 nitrogen and oxygen atoms in total. The van der Waals surface area contributed by atoms with Crippen molar-refractivity contribution in [1.82, 2.24) is 0 Å². The molecule has 27 heavy (non-hydrogen) atoms. The molecule has 136 valence electrons. The van der Waals surface area contributed by atoms with Crippen LogP contribution in [0.4, 0.5) is 5.69 Å². The Bertz CT molecular complexity index is 992. The summed E-state index contributed by atoms with van der Waals surface area (Å²) in [7, 11) is 0. The van der Waals surface area contributed by atoms with Gasteiger partial charge in [-0.25, -0.2) is 0 Å². The second-order valence-electron chi connectivity index (χ2n) is 6.82. The SMILES string of the molecule is CC(=Nc1cccc(C)c1C)c1ccc(/C(=C(/C)O)c2ccccc2)cc1. The van der Waals surface area contributed by atoms with E-state index in [4.69, 9.17) is 4.99 Å². The molecular weight excluding hydrogens is 330 g/mol. The first kappa shape index (κ1) is 18.7. The van der Waals surface area contributed by atoms with E-state index in [-0.39, 0.29) is 0 Å². The van der Waals surface area contributed by atoms with E-state index >= 15 is 0 Å². The van der Waals surface area contributed by atoms with Crippen LogP contribution in [0.5, 0.6) is 0 Å². The summed E-state index contributed by atoms with van der Waals surface area (Å²) >= 11 is 0. The minimum atomic E-state index is 0.315. The third kappa shape index (κ3) is 4.17. The number of aliphatic imine (C=N–C) groups is 1. The van der Waals surface area contributed by atoms with E-state index < -0.39 is 0 Å². The smallest absolute Gasteiger partial charge is 0.0975 e. The molecule has 0 aliphatic heterocycles. The lowest BCUT2D eigenvalue weighted by atomic mass is 9.95. The molecule has 1 N–H and O–H groups in total. The number of hydrogen-bond acceptors (Lipinski definition) is 2. The molecule has 0 aliphatic rings. The maximum Gasteiger partial charge on any atom is 0.0975 e. The maximum atomic E-state index is 10.2. The van der Waals surface area contributed by atoms with Crippen molar-refractivity contribution in [3.63, 3.8) is 0 Å². The van der Waals surface area contributed by atoms with Crippen LogP contribution in [0.25, 0.3) is 5.57 Å². The second-order valence-corrected chi connectivity index (χ2v) is 6.82. The fraction of sp³-hybridized carbons (Fsp3) is 0.160. The highest BCUT2D eigenvalue weighted by Gasteiger charge is 2.09. The Morgan fingerprint density at radius 1 is 0.704 bits per heavy atom. The molecule has 0 aromatic heterocycles. The molecule has 0 unspecified atom stereocenters. The summed E-state index contributed by atoms with van der Waals surface area (Å²) in [5.41, 5.74) is 8.35. The monoisotopic (exact) mass is 355 g/mol. The number of allylic oxidation sites excluding steroid dienone is 1. The third-order valence-corrected chi connectivity index (χ3v) is 4.88. The van der Waals surface area contributed by atoms with Gasteiger partial charge in [0.1, 0.15) is 0 Å². The zero-order valence-corrected chi connectivity index (χ0v) is 16.3. The highest BCUT2D eigenvalue weighted by Crippen LogP contribution is 2.27. The molecule has 3 aromatic rings. The highest BCUT2D eigenvalue weighted by atomic mass is 16.3. The Labute approximate surface area is 161 Å². The predicted octanol–water partition coefficient (Wildman–Crippen LogP) is 6.78. The molecule has 0 heterocycles. The Morgan fingerprint density at radius 3 is 1.93 bits per heavy atom. The molecule has 0 saturated heterocycles. The molecule has 0 bridgehead atoms. The standard InChI is InChI=1S/C25H25NO/c1-17-9-8-12-24(18(17)2)26-19(3)21-13-15-23(16-14-21)25(20(4)27)22-10-6-5-7-11-22/h5-16,27H,1-4H3/b25-20-,26-19?. The van der Waals surface area contributed by atoms with Crippen LogP contribution >= 0.6 is 0 Å². The predicted molar refractivity (Wildman–Crippen MR) is 115 cm³/mol. The number of rotatable bonds is 4. The van der Waals surface area contributed by atoms with E-state index in [1.165, 1.54) is 11.1 Å². The fourth-order valence-corrected chi connectivity index (χ4v) is 3.17. The van der Waals surface area contributed by atoms with Crippen molar-refractivity contribution in [2.45, 2.75) is 27.7 Å². The van der Waals surface area contributed by atoms with Gasteiger partial charge in [0.05, 0.1) is 11.4 Å². The van der Waals surface area contributed by atoms with E-state index in [0.717, 1.165) is 33.7 Å². The minimum Gasteiger partial charge on any atom is -0.512 e. The molecule has 0 saturated carbocycles. The summed E-state index contributed by atoms with van der Waals surface area (Å²) in [6.45, 7) is 7.96. The van der Waals surface area contributed by atoms with Gasteiger partial charge in [0.2, 0.25) is 0 Å². The number of nitrogens with zero attached hydrogens (tertiary/aromatic N) is 1. The van der Waals surface area contributed by atoms with E-state index in [1.807, 2.05) is 61.5 Å². The number of benzene rings is 3. The first-order valence-corrected chi connectivity index (χ1v) is 9.15. The van der Waals surface area contributed by atoms with Crippen molar-refractivity contribution in [3.8, 4) is 0 Å². The van der Waals surface area contributed by atoms with Crippen LogP contribution in [0.1, 0.15) is 41.7 Å². The summed E-state index contributed by atoms with van der Waals surface area (Å²) in [6.07, 6.45) is 0. The topological polar surface area (TPSA) is 32.6 Å². The lowest BCUT2D eigenvalue weighted by molar-refractivity contribution is 0.417. The Balaban J connectivity index is 1.94. The maximum absolute atomic E-state index is 10.2. The van der Waals surface area contributed by atoms with Crippen molar-refractivity contribution in [1.29, 1.82) is 0 Å². The Morgan fingerprint density at radius 2 is 1.30 bits per heavy atom. The number of hydrogen-bond donors (Lipinski definition) is 1. The molecule has 0 spiro atoms. The van der Waals surface area contributed by atoms with Crippen LogP contribution in [0.2, 0.25) is 0 Å². The van der Waals surface area contributed by atoms with E-state index in [0.29, 0.717) is 5.76 Å². The van der Waals surface area contributed by atoms with Crippen molar-refractivity contribution in [3.05, 3.63) is 106 Å². The summed E-state index contributed by atoms with van der Waals surface area (Å²) < 4.78 is 0. The third-order valence-electron chi connectivity index (χ3n) is 4.88. The zero-order chi connectivity index (χ0) is 19.4. The van der Waals surface area contributed by atoms with Gasteiger partial charge >= 0.3 is 0 Å². The van der Waals surface area contributed by atoms with Crippen molar-refractivity contribution >= 4 is 17.0 Å². The van der Waals surface area contributed by atoms with Crippen molar-refractivity contribution in [2.75, 3.05) is 0 Å². The molecule has 0 amide bonds. The Kier molecular flexibility index (Phi) is 5.56. The minimum absolute atomic E-state index is 0.315. The van der Waals surface area contributed by atoms with Gasteiger partial charge in [0, 0.05) is 11.3 Å². The van der Waals surface area contributed by atoms with Gasteiger partial charge in [-0.05, 0) is 61.6 Å². The molecule has 0 aliphatic carbocycles. The quantitative estimate of drug-likeness (QED) is 0.406. The zero-order valence-electron chi connectivity index (χ0n) is 16.3. The van der Waals surface area contributed by atoms with Crippen LogP contribution in [0, 0.1) is 13.8 Å². The van der Waals surface area contributed by atoms with Crippen LogP contribution < -0.4 is 0 Å². The largest absolute Gasteiger partial charge is 0.512 e. The molecular formula is C25H25NO. The first-order chi connectivity index (χ1) is 13.0. The normalized spacial score (nSPS) is 12.7. The highest BCUT2D eigenvalue weighted by molar-refractivity contribution is 6.00. The molecule has 0 atom stereocenters. The second kappa shape index (κ2) is 8.05. The summed E-state index contributed by atoms with van der Waals surface area (Å²) in [5.74, 6) is 0.315. The van der Waals surface area contributed by atoms with E-state index in [2.05, 4.69) is 32.0 Å². The lowest BCUT2D eigenvalue weighted by Crippen LogP contribution is -1.97. The number of aliphatic hydroxyl groups is 1. The average Bonchev–Trinajstić information content (AvgIpc) is 2.67. The van der Waals surface area contributed by atoms with Gasteiger partial charge in [-0.1, -0.05) is 66.7 Å². The van der Waals surface area contributed by atoms with Gasteiger partial charge in [-0.2, -0.15) is 0 Å². The molecule has 0 fully saturated rings. The van der Waals surface area contributed by atoms with Crippen molar-refractivity contribution < 1.29 is 5.11 Å². The first-order valence-electron chi connectivity index (χ1n) is 9.15.